The topological polar surface area (TPSA) is 66.9 Å². The fraction of sp³-hybridized carbons (Fsp3) is 0.130. The zero-order valence-electron chi connectivity index (χ0n) is 14.4. The third-order valence-corrected chi connectivity index (χ3v) is 4.57. The van der Waals surface area contributed by atoms with E-state index in [1.807, 2.05) is 72.8 Å². The smallest absolute Gasteiger partial charge is 0.163 e. The summed E-state index contributed by atoms with van der Waals surface area (Å²) in [4.78, 5) is 12.8. The number of rotatable bonds is 6. The predicted octanol–water partition coefficient (Wildman–Crippen LogP) is 4.93. The lowest BCUT2D eigenvalue weighted by Gasteiger charge is -2.22. The number of nitrogen functional groups attached to an aromatic ring is 1. The molecule has 0 aliphatic heterocycles. The van der Waals surface area contributed by atoms with Crippen LogP contribution in [0.25, 0.3) is 0 Å². The van der Waals surface area contributed by atoms with Gasteiger partial charge < -0.3 is 5.73 Å². The van der Waals surface area contributed by atoms with Gasteiger partial charge in [0.25, 0.3) is 0 Å². The van der Waals surface area contributed by atoms with Crippen LogP contribution in [0.1, 0.15) is 39.7 Å². The van der Waals surface area contributed by atoms with Gasteiger partial charge in [-0.25, -0.2) is 0 Å². The minimum Gasteiger partial charge on any atom is -0.399 e. The lowest BCUT2D eigenvalue weighted by molar-refractivity contribution is 0.0972. The van der Waals surface area contributed by atoms with Crippen molar-refractivity contribution in [3.63, 3.8) is 0 Å². The molecule has 0 amide bonds. The van der Waals surface area contributed by atoms with Crippen molar-refractivity contribution in [2.75, 3.05) is 5.73 Å². The summed E-state index contributed by atoms with van der Waals surface area (Å²) in [5.41, 5.74) is 8.96. The zero-order chi connectivity index (χ0) is 18.4. The highest BCUT2D eigenvalue weighted by Gasteiger charge is 2.27. The summed E-state index contributed by atoms with van der Waals surface area (Å²) in [7, 11) is 0. The molecule has 0 aliphatic carbocycles. The minimum atomic E-state index is -0.425. The van der Waals surface area contributed by atoms with E-state index in [1.165, 1.54) is 0 Å². The van der Waals surface area contributed by atoms with Crippen LogP contribution >= 0.6 is 0 Å². The van der Waals surface area contributed by atoms with Crippen molar-refractivity contribution in [3.8, 4) is 6.07 Å². The van der Waals surface area contributed by atoms with Crippen LogP contribution < -0.4 is 5.73 Å². The molecule has 2 atom stereocenters. The second kappa shape index (κ2) is 8.13. The van der Waals surface area contributed by atoms with Gasteiger partial charge in [0, 0.05) is 23.6 Å². The SMILES string of the molecule is N#C[C@H](c1ccc(N)cc1)[C@@H](CC(=O)c1ccccc1)c1ccccc1. The number of hydrogen-bond acceptors (Lipinski definition) is 3. The van der Waals surface area contributed by atoms with Gasteiger partial charge in [-0.3, -0.25) is 4.79 Å². The summed E-state index contributed by atoms with van der Waals surface area (Å²) in [6.45, 7) is 0. The molecule has 0 aromatic heterocycles. The average molecular weight is 340 g/mol. The summed E-state index contributed by atoms with van der Waals surface area (Å²) < 4.78 is 0. The molecule has 0 saturated heterocycles. The molecule has 128 valence electrons. The number of Topliss-reactive ketones (excluding diaryl/α,β-unsaturated/α-hetero) is 1. The fourth-order valence-corrected chi connectivity index (χ4v) is 3.17. The van der Waals surface area contributed by atoms with E-state index >= 15 is 0 Å². The Labute approximate surface area is 153 Å². The van der Waals surface area contributed by atoms with Gasteiger partial charge in [-0.05, 0) is 23.3 Å². The molecule has 3 nitrogen and oxygen atoms in total. The zero-order valence-corrected chi connectivity index (χ0v) is 14.4. The predicted molar refractivity (Wildman–Crippen MR) is 104 cm³/mol. The van der Waals surface area contributed by atoms with E-state index in [4.69, 9.17) is 5.73 Å². The first-order valence-corrected chi connectivity index (χ1v) is 8.57. The highest BCUT2D eigenvalue weighted by atomic mass is 16.1. The van der Waals surface area contributed by atoms with E-state index in [9.17, 15) is 10.1 Å². The van der Waals surface area contributed by atoms with Crippen LogP contribution in [0, 0.1) is 11.3 Å². The lowest BCUT2D eigenvalue weighted by atomic mass is 9.78. The summed E-state index contributed by atoms with van der Waals surface area (Å²) in [5, 5.41) is 9.87. The molecule has 2 N–H and O–H groups in total. The monoisotopic (exact) mass is 340 g/mol. The van der Waals surface area contributed by atoms with Crippen molar-refractivity contribution >= 4 is 11.5 Å². The van der Waals surface area contributed by atoms with E-state index in [1.54, 1.807) is 12.1 Å². The number of ketones is 1. The van der Waals surface area contributed by atoms with E-state index in [0.717, 1.165) is 11.1 Å². The first-order valence-electron chi connectivity index (χ1n) is 8.57. The summed E-state index contributed by atoms with van der Waals surface area (Å²) in [6.07, 6.45) is 0.274. The van der Waals surface area contributed by atoms with E-state index in [0.29, 0.717) is 11.3 Å². The third kappa shape index (κ3) is 3.99. The highest BCUT2D eigenvalue weighted by Crippen LogP contribution is 2.36. The Bertz CT molecular complexity index is 896. The van der Waals surface area contributed by atoms with Crippen molar-refractivity contribution in [3.05, 3.63) is 102 Å². The molecular weight excluding hydrogens is 320 g/mol. The molecule has 0 unspecified atom stereocenters. The number of nitrogens with two attached hydrogens (primary N) is 1. The van der Waals surface area contributed by atoms with E-state index in [-0.39, 0.29) is 18.1 Å². The largest absolute Gasteiger partial charge is 0.399 e. The molecule has 0 fully saturated rings. The second-order valence-electron chi connectivity index (χ2n) is 6.28. The molecule has 0 aliphatic rings. The first-order chi connectivity index (χ1) is 12.7. The number of carbonyl (C=O) groups excluding carboxylic acids is 1. The maximum atomic E-state index is 12.8. The fourth-order valence-electron chi connectivity index (χ4n) is 3.17. The molecule has 3 rings (SSSR count). The minimum absolute atomic E-state index is 0.0372. The molecule has 0 bridgehead atoms. The molecule has 26 heavy (non-hydrogen) atoms. The van der Waals surface area contributed by atoms with Gasteiger partial charge in [-0.15, -0.1) is 0 Å². The maximum absolute atomic E-state index is 12.8. The normalized spacial score (nSPS) is 12.7. The van der Waals surface area contributed by atoms with Crippen molar-refractivity contribution in [1.82, 2.24) is 0 Å². The Morgan fingerprint density at radius 2 is 1.42 bits per heavy atom. The van der Waals surface area contributed by atoms with Gasteiger partial charge in [-0.2, -0.15) is 5.26 Å². The molecule has 3 heteroatoms. The quantitative estimate of drug-likeness (QED) is 0.511. The lowest BCUT2D eigenvalue weighted by Crippen LogP contribution is -2.15. The Kier molecular flexibility index (Phi) is 5.46. The number of carbonyl (C=O) groups is 1. The van der Waals surface area contributed by atoms with Crippen LogP contribution in [0.15, 0.2) is 84.9 Å². The molecule has 0 heterocycles. The molecule has 3 aromatic rings. The number of anilines is 1. The summed E-state index contributed by atoms with van der Waals surface area (Å²) in [6, 6.07) is 28.7. The van der Waals surface area contributed by atoms with Crippen molar-refractivity contribution in [1.29, 1.82) is 5.26 Å². The van der Waals surface area contributed by atoms with Crippen LogP contribution in [0.2, 0.25) is 0 Å². The van der Waals surface area contributed by atoms with Gasteiger partial charge in [0.15, 0.2) is 5.78 Å². The van der Waals surface area contributed by atoms with Gasteiger partial charge in [-0.1, -0.05) is 72.8 Å². The van der Waals surface area contributed by atoms with Gasteiger partial charge in [0.05, 0.1) is 12.0 Å². The number of nitriles is 1. The van der Waals surface area contributed by atoms with Crippen LogP contribution in [0.4, 0.5) is 5.69 Å². The molecule has 0 spiro atoms. The molecule has 0 saturated carbocycles. The molecule has 3 aromatic carbocycles. The van der Waals surface area contributed by atoms with Crippen LogP contribution in [0.3, 0.4) is 0 Å². The number of benzene rings is 3. The van der Waals surface area contributed by atoms with E-state index < -0.39 is 5.92 Å². The van der Waals surface area contributed by atoms with Crippen LogP contribution in [-0.2, 0) is 0 Å². The summed E-state index contributed by atoms with van der Waals surface area (Å²) >= 11 is 0. The molecule has 0 radical (unpaired) electrons. The third-order valence-electron chi connectivity index (χ3n) is 4.57. The number of nitrogens with zero attached hydrogens (tertiary/aromatic N) is 1. The highest BCUT2D eigenvalue weighted by molar-refractivity contribution is 5.96. The van der Waals surface area contributed by atoms with Crippen molar-refractivity contribution in [2.24, 2.45) is 0 Å². The summed E-state index contributed by atoms with van der Waals surface area (Å²) in [5.74, 6) is -0.613. The van der Waals surface area contributed by atoms with Gasteiger partial charge in [0.1, 0.15) is 0 Å². The van der Waals surface area contributed by atoms with Gasteiger partial charge in [0.2, 0.25) is 0 Å². The van der Waals surface area contributed by atoms with E-state index in [2.05, 4.69) is 6.07 Å². The maximum Gasteiger partial charge on any atom is 0.163 e. The average Bonchev–Trinajstić information content (AvgIpc) is 2.70. The Morgan fingerprint density at radius 1 is 0.846 bits per heavy atom. The van der Waals surface area contributed by atoms with Crippen molar-refractivity contribution in [2.45, 2.75) is 18.3 Å². The Balaban J connectivity index is 1.96. The number of hydrogen-bond donors (Lipinski definition) is 1. The molecular formula is C23H20N2O. The van der Waals surface area contributed by atoms with Crippen molar-refractivity contribution < 1.29 is 4.79 Å². The van der Waals surface area contributed by atoms with Gasteiger partial charge >= 0.3 is 0 Å². The first kappa shape index (κ1) is 17.4. The Hall–Kier alpha value is -3.38. The standard InChI is InChI=1S/C23H20N2O/c24-16-22(18-11-13-20(25)14-12-18)21(17-7-3-1-4-8-17)15-23(26)19-9-5-2-6-10-19/h1-14,21-22H,15,25H2/t21-,22+/m0/s1. The Morgan fingerprint density at radius 3 is 2.00 bits per heavy atom. The second-order valence-corrected chi connectivity index (χ2v) is 6.28. The van der Waals surface area contributed by atoms with Crippen LogP contribution in [-0.4, -0.2) is 5.78 Å². The van der Waals surface area contributed by atoms with Crippen LogP contribution in [0.5, 0.6) is 0 Å².